The number of nitrogens with zero attached hydrogens (tertiary/aromatic N) is 1. The van der Waals surface area contributed by atoms with Gasteiger partial charge < -0.3 is 14.6 Å². The molecule has 0 fully saturated rings. The third-order valence-electron chi connectivity index (χ3n) is 4.76. The van der Waals surface area contributed by atoms with Gasteiger partial charge in [0.05, 0.1) is 24.3 Å². The SMILES string of the molecule is CCOc1ccc(S(=O)(=O)Nc2ccc(C(=O)N/N=C(\C)c3ccc(OC)cc3O)cc2)cc1. The van der Waals surface area contributed by atoms with Gasteiger partial charge in [-0.1, -0.05) is 0 Å². The van der Waals surface area contributed by atoms with Crippen molar-refractivity contribution in [3.63, 3.8) is 0 Å². The molecule has 10 heteroatoms. The van der Waals surface area contributed by atoms with Crippen LogP contribution in [0.25, 0.3) is 0 Å². The highest BCUT2D eigenvalue weighted by molar-refractivity contribution is 7.92. The van der Waals surface area contributed by atoms with Crippen molar-refractivity contribution in [2.24, 2.45) is 5.10 Å². The van der Waals surface area contributed by atoms with Crippen molar-refractivity contribution in [2.45, 2.75) is 18.7 Å². The van der Waals surface area contributed by atoms with Crippen LogP contribution in [-0.4, -0.2) is 38.9 Å². The number of benzene rings is 3. The molecule has 3 rings (SSSR count). The van der Waals surface area contributed by atoms with Gasteiger partial charge in [0, 0.05) is 22.9 Å². The molecule has 0 aliphatic heterocycles. The number of nitrogens with one attached hydrogen (secondary N) is 2. The Morgan fingerprint density at radius 3 is 2.24 bits per heavy atom. The first kappa shape index (κ1) is 24.6. The van der Waals surface area contributed by atoms with Crippen LogP contribution >= 0.6 is 0 Å². The van der Waals surface area contributed by atoms with Crippen LogP contribution in [0, 0.1) is 0 Å². The molecule has 0 radical (unpaired) electrons. The molecule has 178 valence electrons. The summed E-state index contributed by atoms with van der Waals surface area (Å²) in [6.07, 6.45) is 0. The molecule has 0 aliphatic carbocycles. The number of rotatable bonds is 9. The minimum Gasteiger partial charge on any atom is -0.507 e. The lowest BCUT2D eigenvalue weighted by Gasteiger charge is -2.10. The predicted molar refractivity (Wildman–Crippen MR) is 129 cm³/mol. The van der Waals surface area contributed by atoms with Gasteiger partial charge in [0.1, 0.15) is 17.2 Å². The zero-order chi connectivity index (χ0) is 24.7. The smallest absolute Gasteiger partial charge is 0.271 e. The molecule has 0 bridgehead atoms. The van der Waals surface area contributed by atoms with Crippen LogP contribution in [-0.2, 0) is 10.0 Å². The molecule has 34 heavy (non-hydrogen) atoms. The number of aromatic hydroxyl groups is 1. The van der Waals surface area contributed by atoms with Gasteiger partial charge in [0.2, 0.25) is 0 Å². The monoisotopic (exact) mass is 483 g/mol. The van der Waals surface area contributed by atoms with Gasteiger partial charge in [-0.2, -0.15) is 5.10 Å². The second-order valence-corrected chi connectivity index (χ2v) is 8.79. The quantitative estimate of drug-likeness (QED) is 0.314. The van der Waals surface area contributed by atoms with E-state index in [1.54, 1.807) is 31.2 Å². The van der Waals surface area contributed by atoms with Gasteiger partial charge in [0.25, 0.3) is 15.9 Å². The summed E-state index contributed by atoms with van der Waals surface area (Å²) >= 11 is 0. The van der Waals surface area contributed by atoms with Gasteiger partial charge in [-0.05, 0) is 74.5 Å². The third kappa shape index (κ3) is 6.04. The number of sulfonamides is 1. The lowest BCUT2D eigenvalue weighted by molar-refractivity contribution is 0.0955. The fourth-order valence-corrected chi connectivity index (χ4v) is 4.05. The standard InChI is InChI=1S/C24H25N3O6S/c1-4-33-19-9-12-21(13-10-19)34(30,31)27-18-7-5-17(6-8-18)24(29)26-25-16(2)22-14-11-20(32-3)15-23(22)28/h5-15,27-28H,4H2,1-3H3,(H,26,29)/b25-16+. The summed E-state index contributed by atoms with van der Waals surface area (Å²) in [5, 5.41) is 14.1. The lowest BCUT2D eigenvalue weighted by atomic mass is 10.1. The van der Waals surface area contributed by atoms with Crippen LogP contribution in [0.5, 0.6) is 17.2 Å². The van der Waals surface area contributed by atoms with Crippen LogP contribution in [0.2, 0.25) is 0 Å². The first-order valence-electron chi connectivity index (χ1n) is 10.3. The number of anilines is 1. The first-order valence-corrected chi connectivity index (χ1v) is 11.8. The molecule has 3 aromatic carbocycles. The van der Waals surface area contributed by atoms with Crippen LogP contribution in [0.3, 0.4) is 0 Å². The molecular weight excluding hydrogens is 458 g/mol. The molecular formula is C24H25N3O6S. The Labute approximate surface area is 198 Å². The highest BCUT2D eigenvalue weighted by atomic mass is 32.2. The summed E-state index contributed by atoms with van der Waals surface area (Å²) in [6, 6.07) is 16.7. The van der Waals surface area contributed by atoms with E-state index >= 15 is 0 Å². The number of hydrogen-bond donors (Lipinski definition) is 3. The molecule has 0 saturated carbocycles. The van der Waals surface area contributed by atoms with Crippen molar-refractivity contribution in [3.8, 4) is 17.2 Å². The highest BCUT2D eigenvalue weighted by Crippen LogP contribution is 2.24. The van der Waals surface area contributed by atoms with E-state index in [4.69, 9.17) is 9.47 Å². The van der Waals surface area contributed by atoms with Crippen LogP contribution in [0.1, 0.15) is 29.8 Å². The summed E-state index contributed by atoms with van der Waals surface area (Å²) in [4.78, 5) is 12.5. The molecule has 0 unspecified atom stereocenters. The Morgan fingerprint density at radius 2 is 1.65 bits per heavy atom. The predicted octanol–water partition coefficient (Wildman–Crippen LogP) is 3.75. The van der Waals surface area contributed by atoms with Crippen molar-refractivity contribution < 1.29 is 27.8 Å². The Balaban J connectivity index is 1.65. The minimum atomic E-state index is -3.80. The molecule has 0 saturated heterocycles. The maximum absolute atomic E-state index is 12.6. The van der Waals surface area contributed by atoms with Crippen molar-refractivity contribution in [3.05, 3.63) is 77.9 Å². The number of carbonyl (C=O) groups is 1. The molecule has 0 spiro atoms. The number of phenolic OH excluding ortho intramolecular Hbond substituents is 1. The minimum absolute atomic E-state index is 0.0287. The Hall–Kier alpha value is -4.05. The molecule has 0 heterocycles. The zero-order valence-electron chi connectivity index (χ0n) is 18.9. The number of amides is 1. The van der Waals surface area contributed by atoms with E-state index in [1.165, 1.54) is 49.6 Å². The van der Waals surface area contributed by atoms with Crippen LogP contribution in [0.15, 0.2) is 76.7 Å². The average Bonchev–Trinajstić information content (AvgIpc) is 2.83. The lowest BCUT2D eigenvalue weighted by Crippen LogP contribution is -2.19. The van der Waals surface area contributed by atoms with E-state index in [1.807, 2.05) is 6.92 Å². The summed E-state index contributed by atoms with van der Waals surface area (Å²) < 4.78 is 38.0. The Morgan fingerprint density at radius 1 is 1.00 bits per heavy atom. The van der Waals surface area contributed by atoms with Gasteiger partial charge >= 0.3 is 0 Å². The largest absolute Gasteiger partial charge is 0.507 e. The van der Waals surface area contributed by atoms with E-state index in [-0.39, 0.29) is 16.2 Å². The summed E-state index contributed by atoms with van der Waals surface area (Å²) in [6.45, 7) is 3.97. The average molecular weight is 484 g/mol. The van der Waals surface area contributed by atoms with Gasteiger partial charge in [0.15, 0.2) is 0 Å². The molecule has 0 aromatic heterocycles. The molecule has 0 atom stereocenters. The van der Waals surface area contributed by atoms with Crippen LogP contribution < -0.4 is 19.6 Å². The molecule has 0 aliphatic rings. The zero-order valence-corrected chi connectivity index (χ0v) is 19.7. The molecule has 3 N–H and O–H groups in total. The molecule has 9 nitrogen and oxygen atoms in total. The van der Waals surface area contributed by atoms with E-state index < -0.39 is 15.9 Å². The topological polar surface area (TPSA) is 126 Å². The summed E-state index contributed by atoms with van der Waals surface area (Å²) in [7, 11) is -2.31. The number of ether oxygens (including phenoxy) is 2. The number of phenols is 1. The summed E-state index contributed by atoms with van der Waals surface area (Å²) in [5.74, 6) is 0.556. The number of hydrogen-bond acceptors (Lipinski definition) is 7. The first-order chi connectivity index (χ1) is 16.2. The maximum Gasteiger partial charge on any atom is 0.271 e. The maximum atomic E-state index is 12.6. The van der Waals surface area contributed by atoms with Crippen molar-refractivity contribution in [2.75, 3.05) is 18.4 Å². The van der Waals surface area contributed by atoms with E-state index in [9.17, 15) is 18.3 Å². The Bertz CT molecular complexity index is 1290. The summed E-state index contributed by atoms with van der Waals surface area (Å²) in [5.41, 5.74) is 3.84. The van der Waals surface area contributed by atoms with Crippen molar-refractivity contribution >= 4 is 27.3 Å². The van der Waals surface area contributed by atoms with Crippen molar-refractivity contribution in [1.29, 1.82) is 0 Å². The highest BCUT2D eigenvalue weighted by Gasteiger charge is 2.15. The van der Waals surface area contributed by atoms with Crippen LogP contribution in [0.4, 0.5) is 5.69 Å². The second-order valence-electron chi connectivity index (χ2n) is 7.11. The van der Waals surface area contributed by atoms with Crippen molar-refractivity contribution in [1.82, 2.24) is 5.43 Å². The number of methoxy groups -OCH3 is 1. The fourth-order valence-electron chi connectivity index (χ4n) is 2.99. The molecule has 1 amide bonds. The number of hydrazone groups is 1. The van der Waals surface area contributed by atoms with Gasteiger partial charge in [-0.3, -0.25) is 9.52 Å². The second kappa shape index (κ2) is 10.7. The van der Waals surface area contributed by atoms with E-state index in [0.29, 0.717) is 35.1 Å². The van der Waals surface area contributed by atoms with Gasteiger partial charge in [-0.25, -0.2) is 13.8 Å². The number of carbonyl (C=O) groups excluding carboxylic acids is 1. The van der Waals surface area contributed by atoms with Gasteiger partial charge in [-0.15, -0.1) is 0 Å². The van der Waals surface area contributed by atoms with E-state index in [2.05, 4.69) is 15.2 Å². The fraction of sp³-hybridized carbons (Fsp3) is 0.167. The Kier molecular flexibility index (Phi) is 7.75. The third-order valence-corrected chi connectivity index (χ3v) is 6.16. The van der Waals surface area contributed by atoms with E-state index in [0.717, 1.165) is 0 Å². The normalized spacial score (nSPS) is 11.6. The molecule has 3 aromatic rings.